The normalized spacial score (nSPS) is 12.2. The molecular formula is C10H15N3OS. The maximum atomic E-state index is 11.2. The topological polar surface area (TPSA) is 81.1 Å². The zero-order valence-electron chi connectivity index (χ0n) is 8.78. The van der Waals surface area contributed by atoms with Crippen LogP contribution < -0.4 is 17.0 Å². The molecule has 1 aromatic rings. The molecule has 0 saturated heterocycles. The van der Waals surface area contributed by atoms with E-state index in [-0.39, 0.29) is 11.2 Å². The first-order valence-corrected chi connectivity index (χ1v) is 5.46. The Kier molecular flexibility index (Phi) is 3.99. The third-order valence-electron chi connectivity index (χ3n) is 1.98. The van der Waals surface area contributed by atoms with Gasteiger partial charge in [-0.25, -0.2) is 5.84 Å². The van der Waals surface area contributed by atoms with Gasteiger partial charge in [-0.05, 0) is 31.5 Å². The summed E-state index contributed by atoms with van der Waals surface area (Å²) in [5, 5.41) is -0.251. The van der Waals surface area contributed by atoms with E-state index in [9.17, 15) is 4.79 Å². The minimum absolute atomic E-state index is 0.207. The van der Waals surface area contributed by atoms with E-state index in [2.05, 4.69) is 5.43 Å². The number of nitrogens with two attached hydrogens (primary N) is 2. The molecule has 1 atom stereocenters. The molecule has 0 aliphatic carbocycles. The molecule has 0 aliphatic rings. The van der Waals surface area contributed by atoms with Crippen molar-refractivity contribution in [1.82, 2.24) is 5.43 Å². The molecular weight excluding hydrogens is 210 g/mol. The van der Waals surface area contributed by atoms with E-state index in [0.717, 1.165) is 10.5 Å². The van der Waals surface area contributed by atoms with Crippen LogP contribution in [-0.2, 0) is 4.79 Å². The number of aryl methyl sites for hydroxylation is 1. The monoisotopic (exact) mass is 225 g/mol. The van der Waals surface area contributed by atoms with Crippen molar-refractivity contribution in [1.29, 1.82) is 0 Å². The van der Waals surface area contributed by atoms with E-state index in [0.29, 0.717) is 5.69 Å². The lowest BCUT2D eigenvalue weighted by Crippen LogP contribution is -2.36. The van der Waals surface area contributed by atoms with E-state index >= 15 is 0 Å². The highest BCUT2D eigenvalue weighted by molar-refractivity contribution is 8.00. The molecule has 5 heteroatoms. The number of nitrogens with one attached hydrogen (secondary N) is 1. The molecule has 0 spiro atoms. The van der Waals surface area contributed by atoms with Gasteiger partial charge in [0.15, 0.2) is 0 Å². The number of carbonyl (C=O) groups is 1. The summed E-state index contributed by atoms with van der Waals surface area (Å²) in [4.78, 5) is 12.1. The molecule has 1 rings (SSSR count). The van der Waals surface area contributed by atoms with E-state index < -0.39 is 0 Å². The smallest absolute Gasteiger partial charge is 0.247 e. The van der Waals surface area contributed by atoms with E-state index in [1.165, 1.54) is 11.8 Å². The molecule has 5 N–H and O–H groups in total. The summed E-state index contributed by atoms with van der Waals surface area (Å²) in [5.74, 6) is 4.84. The van der Waals surface area contributed by atoms with E-state index in [4.69, 9.17) is 11.6 Å². The fourth-order valence-electron chi connectivity index (χ4n) is 1.10. The van der Waals surface area contributed by atoms with Crippen molar-refractivity contribution in [2.45, 2.75) is 24.0 Å². The number of hydrogen-bond acceptors (Lipinski definition) is 4. The molecule has 15 heavy (non-hydrogen) atoms. The van der Waals surface area contributed by atoms with Gasteiger partial charge >= 0.3 is 0 Å². The van der Waals surface area contributed by atoms with E-state index in [1.54, 1.807) is 6.92 Å². The summed E-state index contributed by atoms with van der Waals surface area (Å²) >= 11 is 1.40. The molecule has 1 amide bonds. The average molecular weight is 225 g/mol. The number of rotatable bonds is 3. The number of benzene rings is 1. The van der Waals surface area contributed by atoms with Gasteiger partial charge in [-0.3, -0.25) is 10.2 Å². The van der Waals surface area contributed by atoms with Crippen molar-refractivity contribution in [3.8, 4) is 0 Å². The van der Waals surface area contributed by atoms with Gasteiger partial charge in [0.05, 0.1) is 5.25 Å². The number of carbonyl (C=O) groups excluding carboxylic acids is 1. The molecule has 0 aromatic heterocycles. The van der Waals surface area contributed by atoms with Crippen LogP contribution >= 0.6 is 11.8 Å². The first-order chi connectivity index (χ1) is 7.04. The van der Waals surface area contributed by atoms with Crippen molar-refractivity contribution < 1.29 is 4.79 Å². The van der Waals surface area contributed by atoms with Gasteiger partial charge in [0.2, 0.25) is 5.91 Å². The second-order valence-electron chi connectivity index (χ2n) is 3.31. The Morgan fingerprint density at radius 3 is 2.80 bits per heavy atom. The zero-order valence-corrected chi connectivity index (χ0v) is 9.60. The Balaban J connectivity index is 2.80. The SMILES string of the molecule is Cc1ccc(N)c(SC(C)C(=O)NN)c1. The van der Waals surface area contributed by atoms with Crippen molar-refractivity contribution in [2.75, 3.05) is 5.73 Å². The first-order valence-electron chi connectivity index (χ1n) is 4.58. The number of hydrogen-bond donors (Lipinski definition) is 3. The molecule has 0 bridgehead atoms. The fraction of sp³-hybridized carbons (Fsp3) is 0.300. The van der Waals surface area contributed by atoms with Crippen LogP contribution in [-0.4, -0.2) is 11.2 Å². The highest BCUT2D eigenvalue weighted by Crippen LogP contribution is 2.29. The maximum Gasteiger partial charge on any atom is 0.247 e. The summed E-state index contributed by atoms with van der Waals surface area (Å²) in [6, 6.07) is 5.73. The number of amides is 1. The van der Waals surface area contributed by atoms with Crippen LogP contribution in [0.2, 0.25) is 0 Å². The molecule has 0 aliphatic heterocycles. The highest BCUT2D eigenvalue weighted by atomic mass is 32.2. The van der Waals surface area contributed by atoms with Gasteiger partial charge in [-0.2, -0.15) is 0 Å². The van der Waals surface area contributed by atoms with Gasteiger partial charge < -0.3 is 5.73 Å². The summed E-state index contributed by atoms with van der Waals surface area (Å²) < 4.78 is 0. The van der Waals surface area contributed by atoms with Gasteiger partial charge in [0.1, 0.15) is 0 Å². The lowest BCUT2D eigenvalue weighted by atomic mass is 10.2. The predicted octanol–water partition coefficient (Wildman–Crippen LogP) is 1.05. The molecule has 0 fully saturated rings. The maximum absolute atomic E-state index is 11.2. The molecule has 0 saturated carbocycles. The molecule has 82 valence electrons. The van der Waals surface area contributed by atoms with Gasteiger partial charge in [-0.1, -0.05) is 6.07 Å². The van der Waals surface area contributed by atoms with Crippen LogP contribution in [0.3, 0.4) is 0 Å². The van der Waals surface area contributed by atoms with Crippen molar-refractivity contribution in [2.24, 2.45) is 5.84 Å². The van der Waals surface area contributed by atoms with Crippen LogP contribution in [0.1, 0.15) is 12.5 Å². The van der Waals surface area contributed by atoms with Crippen molar-refractivity contribution >= 4 is 23.4 Å². The lowest BCUT2D eigenvalue weighted by molar-refractivity contribution is -0.120. The zero-order chi connectivity index (χ0) is 11.4. The van der Waals surface area contributed by atoms with Crippen LogP contribution in [0, 0.1) is 6.92 Å². The minimum Gasteiger partial charge on any atom is -0.398 e. The van der Waals surface area contributed by atoms with Crippen molar-refractivity contribution in [3.05, 3.63) is 23.8 Å². The van der Waals surface area contributed by atoms with Gasteiger partial charge in [-0.15, -0.1) is 11.8 Å². The van der Waals surface area contributed by atoms with Crippen LogP contribution in [0.5, 0.6) is 0 Å². The lowest BCUT2D eigenvalue weighted by Gasteiger charge is -2.11. The molecule has 0 heterocycles. The highest BCUT2D eigenvalue weighted by Gasteiger charge is 2.14. The van der Waals surface area contributed by atoms with Crippen LogP contribution in [0.25, 0.3) is 0 Å². The number of hydrazine groups is 1. The quantitative estimate of drug-likeness (QED) is 0.236. The van der Waals surface area contributed by atoms with Crippen molar-refractivity contribution in [3.63, 3.8) is 0 Å². The summed E-state index contributed by atoms with van der Waals surface area (Å²) in [7, 11) is 0. The largest absolute Gasteiger partial charge is 0.398 e. The van der Waals surface area contributed by atoms with Crippen LogP contribution in [0.15, 0.2) is 23.1 Å². The Bertz CT molecular complexity index is 368. The Hall–Kier alpha value is -1.20. The van der Waals surface area contributed by atoms with Crippen LogP contribution in [0.4, 0.5) is 5.69 Å². The fourth-order valence-corrected chi connectivity index (χ4v) is 2.12. The van der Waals surface area contributed by atoms with Gasteiger partial charge in [0.25, 0.3) is 0 Å². The molecule has 0 radical (unpaired) electrons. The number of nitrogen functional groups attached to an aromatic ring is 1. The summed E-state index contributed by atoms with van der Waals surface area (Å²) in [5.41, 5.74) is 9.71. The summed E-state index contributed by atoms with van der Waals surface area (Å²) in [6.07, 6.45) is 0. The standard InChI is InChI=1S/C10H15N3OS/c1-6-3-4-8(11)9(5-6)15-7(2)10(14)13-12/h3-5,7H,11-12H2,1-2H3,(H,13,14). The molecule has 1 unspecified atom stereocenters. The van der Waals surface area contributed by atoms with E-state index in [1.807, 2.05) is 25.1 Å². The number of anilines is 1. The third kappa shape index (κ3) is 3.14. The van der Waals surface area contributed by atoms with Gasteiger partial charge in [0, 0.05) is 10.6 Å². The minimum atomic E-state index is -0.251. The molecule has 1 aromatic carbocycles. The molecule has 4 nitrogen and oxygen atoms in total. The Labute approximate surface area is 93.4 Å². The first kappa shape index (κ1) is 11.9. The number of thioether (sulfide) groups is 1. The Morgan fingerprint density at radius 2 is 2.20 bits per heavy atom. The third-order valence-corrected chi connectivity index (χ3v) is 3.16. The predicted molar refractivity (Wildman–Crippen MR) is 63.2 cm³/mol. The summed E-state index contributed by atoms with van der Waals surface area (Å²) in [6.45, 7) is 3.77. The second-order valence-corrected chi connectivity index (χ2v) is 4.69. The second kappa shape index (κ2) is 5.04. The Morgan fingerprint density at radius 1 is 1.53 bits per heavy atom. The average Bonchev–Trinajstić information content (AvgIpc) is 2.22.